The maximum atomic E-state index is 2.49. The lowest BCUT2D eigenvalue weighted by Gasteiger charge is -2.28. The van der Waals surface area contributed by atoms with E-state index in [1.54, 1.807) is 0 Å². The third-order valence-electron chi connectivity index (χ3n) is 7.51. The molecule has 0 aromatic heterocycles. The molecule has 0 heterocycles. The summed E-state index contributed by atoms with van der Waals surface area (Å²) in [5.41, 5.74) is 14.1. The van der Waals surface area contributed by atoms with E-state index in [-0.39, 0.29) is 30.7 Å². The lowest BCUT2D eigenvalue weighted by molar-refractivity contribution is 1.07. The first kappa shape index (κ1) is 23.4. The van der Waals surface area contributed by atoms with Crippen molar-refractivity contribution in [1.29, 1.82) is 0 Å². The fraction of sp³-hybridized carbons (Fsp3) is 0.0909. The summed E-state index contributed by atoms with van der Waals surface area (Å²) in [5.74, 6) is 0.277. The van der Waals surface area contributed by atoms with Crippen LogP contribution < -0.4 is 10.4 Å². The molecule has 0 saturated heterocycles. The third kappa shape index (κ3) is 3.52. The molecule has 7 rings (SSSR count). The van der Waals surface area contributed by atoms with Crippen LogP contribution in [-0.2, 0) is 6.42 Å². The molecule has 0 bridgehead atoms. The number of benzene rings is 4. The van der Waals surface area contributed by atoms with Crippen molar-refractivity contribution >= 4 is 42.0 Å². The lowest BCUT2D eigenvalue weighted by atomic mass is 9.75. The van der Waals surface area contributed by atoms with Gasteiger partial charge in [-0.3, -0.25) is 0 Å². The SMILES string of the molecule is CC1=CC(c2ccccc2)C2=c3ccccc3=CC2=C1c1cccc2c1Cc1ccccc1-2.Cl.Cl. The van der Waals surface area contributed by atoms with Gasteiger partial charge in [0, 0.05) is 5.92 Å². The Morgan fingerprint density at radius 3 is 2.20 bits per heavy atom. The molecule has 0 nitrogen and oxygen atoms in total. The summed E-state index contributed by atoms with van der Waals surface area (Å²) in [5, 5.41) is 2.71. The second kappa shape index (κ2) is 9.04. The average molecular weight is 493 g/mol. The van der Waals surface area contributed by atoms with E-state index in [1.807, 2.05) is 0 Å². The summed E-state index contributed by atoms with van der Waals surface area (Å²) in [6.45, 7) is 2.30. The van der Waals surface area contributed by atoms with E-state index in [4.69, 9.17) is 0 Å². The van der Waals surface area contributed by atoms with Crippen LogP contribution in [0.3, 0.4) is 0 Å². The summed E-state index contributed by atoms with van der Waals surface area (Å²) < 4.78 is 0. The fourth-order valence-corrected chi connectivity index (χ4v) is 6.09. The number of fused-ring (bicyclic) bond motifs is 5. The quantitative estimate of drug-likeness (QED) is 0.243. The van der Waals surface area contributed by atoms with Gasteiger partial charge in [0.2, 0.25) is 0 Å². The molecule has 3 aliphatic rings. The zero-order valence-corrected chi connectivity index (χ0v) is 21.1. The third-order valence-corrected chi connectivity index (χ3v) is 7.51. The second-order valence-corrected chi connectivity index (χ2v) is 9.34. The maximum absolute atomic E-state index is 2.49. The van der Waals surface area contributed by atoms with Gasteiger partial charge in [-0.25, -0.2) is 0 Å². The van der Waals surface area contributed by atoms with Crippen LogP contribution in [0, 0.1) is 0 Å². The normalized spacial score (nSPS) is 16.7. The van der Waals surface area contributed by atoms with Crippen molar-refractivity contribution in [1.82, 2.24) is 0 Å². The van der Waals surface area contributed by atoms with Crippen LogP contribution in [0.25, 0.3) is 28.3 Å². The molecule has 1 atom stereocenters. The number of hydrogen-bond donors (Lipinski definition) is 0. The van der Waals surface area contributed by atoms with Crippen molar-refractivity contribution in [3.8, 4) is 11.1 Å². The molecule has 0 N–H and O–H groups in total. The monoisotopic (exact) mass is 492 g/mol. The molecule has 0 fully saturated rings. The lowest BCUT2D eigenvalue weighted by Crippen LogP contribution is -2.24. The summed E-state index contributed by atoms with van der Waals surface area (Å²) in [6, 6.07) is 35.6. The number of hydrogen-bond acceptors (Lipinski definition) is 0. The maximum Gasteiger partial charge on any atom is 0.0287 e. The van der Waals surface area contributed by atoms with E-state index in [1.165, 1.54) is 66.1 Å². The van der Waals surface area contributed by atoms with Gasteiger partial charge in [0.15, 0.2) is 0 Å². The van der Waals surface area contributed by atoms with E-state index in [0.717, 1.165) is 6.42 Å². The van der Waals surface area contributed by atoms with Gasteiger partial charge in [-0.2, -0.15) is 0 Å². The van der Waals surface area contributed by atoms with Crippen molar-refractivity contribution in [2.24, 2.45) is 0 Å². The van der Waals surface area contributed by atoms with E-state index in [9.17, 15) is 0 Å². The van der Waals surface area contributed by atoms with Crippen molar-refractivity contribution < 1.29 is 0 Å². The van der Waals surface area contributed by atoms with Gasteiger partial charge >= 0.3 is 0 Å². The first-order chi connectivity index (χ1) is 16.3. The second-order valence-electron chi connectivity index (χ2n) is 9.34. The smallest absolute Gasteiger partial charge is 0.0287 e. The zero-order chi connectivity index (χ0) is 21.9. The van der Waals surface area contributed by atoms with E-state index >= 15 is 0 Å². The highest BCUT2D eigenvalue weighted by molar-refractivity contribution is 6.04. The molecule has 35 heavy (non-hydrogen) atoms. The topological polar surface area (TPSA) is 0 Å². The van der Waals surface area contributed by atoms with Crippen LogP contribution in [-0.4, -0.2) is 0 Å². The Morgan fingerprint density at radius 1 is 0.657 bits per heavy atom. The van der Waals surface area contributed by atoms with Gasteiger partial charge in [-0.15, -0.1) is 24.8 Å². The van der Waals surface area contributed by atoms with E-state index in [0.29, 0.717) is 0 Å². The molecule has 0 spiro atoms. The van der Waals surface area contributed by atoms with Crippen LogP contribution in [0.2, 0.25) is 0 Å². The Bertz CT molecular complexity index is 1640. The molecule has 0 radical (unpaired) electrons. The van der Waals surface area contributed by atoms with Gasteiger partial charge in [0.05, 0.1) is 0 Å². The van der Waals surface area contributed by atoms with Gasteiger partial charge in [0.25, 0.3) is 0 Å². The average Bonchev–Trinajstić information content (AvgIpc) is 3.43. The minimum Gasteiger partial charge on any atom is -0.147 e. The largest absolute Gasteiger partial charge is 0.147 e. The highest BCUT2D eigenvalue weighted by Crippen LogP contribution is 2.48. The number of rotatable bonds is 2. The van der Waals surface area contributed by atoms with E-state index < -0.39 is 0 Å². The Morgan fingerprint density at radius 2 is 1.34 bits per heavy atom. The Kier molecular flexibility index (Phi) is 6.05. The standard InChI is InChI=1S/C33H24.2ClH/c1-21-18-29(22-10-3-2-4-11-22)33-26-15-8-6-13-24(26)20-31(33)32(21)28-17-9-16-27-25-14-7-5-12-23(25)19-30(27)28;;/h2-18,20,29H,19H2,1H3;2*1H. The molecule has 4 aromatic carbocycles. The molecular formula is C33H26Cl2. The van der Waals surface area contributed by atoms with Gasteiger partial charge in [-0.1, -0.05) is 103 Å². The Labute approximate surface area is 218 Å². The summed E-state index contributed by atoms with van der Waals surface area (Å²) in [7, 11) is 0. The van der Waals surface area contributed by atoms with Crippen molar-refractivity contribution in [3.05, 3.63) is 147 Å². The first-order valence-corrected chi connectivity index (χ1v) is 11.8. The molecule has 0 amide bonds. The van der Waals surface area contributed by atoms with Crippen molar-refractivity contribution in [3.63, 3.8) is 0 Å². The van der Waals surface area contributed by atoms with Crippen LogP contribution in [0.15, 0.2) is 114 Å². The van der Waals surface area contributed by atoms with Crippen molar-refractivity contribution in [2.75, 3.05) is 0 Å². The summed E-state index contributed by atoms with van der Waals surface area (Å²) in [6.07, 6.45) is 5.92. The molecule has 3 aliphatic carbocycles. The van der Waals surface area contributed by atoms with Gasteiger partial charge < -0.3 is 0 Å². The highest BCUT2D eigenvalue weighted by atomic mass is 35.5. The Balaban J connectivity index is 0.00000127. The van der Waals surface area contributed by atoms with Crippen LogP contribution in [0.1, 0.15) is 35.1 Å². The van der Waals surface area contributed by atoms with Crippen LogP contribution in [0.4, 0.5) is 0 Å². The minimum absolute atomic E-state index is 0. The van der Waals surface area contributed by atoms with Gasteiger partial charge in [-0.05, 0) is 85.5 Å². The predicted octanol–water partition coefficient (Wildman–Crippen LogP) is 7.24. The Hall–Kier alpha value is -3.32. The molecular weight excluding hydrogens is 467 g/mol. The predicted molar refractivity (Wildman–Crippen MR) is 153 cm³/mol. The first-order valence-electron chi connectivity index (χ1n) is 11.8. The molecule has 1 unspecified atom stereocenters. The molecule has 4 aromatic rings. The highest BCUT2D eigenvalue weighted by Gasteiger charge is 2.31. The van der Waals surface area contributed by atoms with Crippen molar-refractivity contribution in [2.45, 2.75) is 19.3 Å². The molecule has 2 heteroatoms. The van der Waals surface area contributed by atoms with E-state index in [2.05, 4.69) is 116 Å². The summed E-state index contributed by atoms with van der Waals surface area (Å²) >= 11 is 0. The number of halogens is 2. The molecule has 0 aliphatic heterocycles. The minimum atomic E-state index is 0. The van der Waals surface area contributed by atoms with Crippen LogP contribution in [0.5, 0.6) is 0 Å². The zero-order valence-electron chi connectivity index (χ0n) is 19.5. The molecule has 172 valence electrons. The van der Waals surface area contributed by atoms with Gasteiger partial charge in [0.1, 0.15) is 0 Å². The molecule has 0 saturated carbocycles. The number of allylic oxidation sites excluding steroid dienone is 4. The van der Waals surface area contributed by atoms with Crippen LogP contribution >= 0.6 is 24.8 Å². The summed E-state index contributed by atoms with van der Waals surface area (Å²) in [4.78, 5) is 0. The fourth-order valence-electron chi connectivity index (χ4n) is 6.09.